The number of nitrogens with one attached hydrogen (secondary N) is 1. The fraction of sp³-hybridized carbons (Fsp3) is 0.500. The Bertz CT molecular complexity index is 364. The Morgan fingerprint density at radius 1 is 1.22 bits per heavy atom. The number of aliphatic hydroxyl groups is 1. The van der Waals surface area contributed by atoms with Crippen LogP contribution in [-0.4, -0.2) is 17.8 Å². The molecular weight excluding hydrogens is 222 g/mol. The number of hydrogen-bond donors (Lipinski definition) is 2. The zero-order chi connectivity index (χ0) is 13.6. The standard InChI is InChI=1S/C16H25NO/c1-13(14-9-6-5-7-10-14)17-12-8-11-15(18)16(2,3)4/h5-11,13,15,17-18H,12H2,1-4H3/b11-8-/t13-,15-/m1/s1. The molecule has 2 heteroatoms. The molecule has 0 heterocycles. The minimum Gasteiger partial charge on any atom is -0.388 e. The van der Waals surface area contributed by atoms with Gasteiger partial charge >= 0.3 is 0 Å². The van der Waals surface area contributed by atoms with Gasteiger partial charge in [0.2, 0.25) is 0 Å². The molecule has 18 heavy (non-hydrogen) atoms. The molecule has 0 aliphatic heterocycles. The second-order valence-corrected chi connectivity index (χ2v) is 5.78. The maximum absolute atomic E-state index is 9.85. The van der Waals surface area contributed by atoms with E-state index in [-0.39, 0.29) is 5.41 Å². The van der Waals surface area contributed by atoms with Gasteiger partial charge in [0.25, 0.3) is 0 Å². The fourth-order valence-corrected chi connectivity index (χ4v) is 1.59. The van der Waals surface area contributed by atoms with E-state index in [4.69, 9.17) is 0 Å². The Hall–Kier alpha value is -1.12. The highest BCUT2D eigenvalue weighted by molar-refractivity contribution is 5.18. The number of rotatable bonds is 5. The second-order valence-electron chi connectivity index (χ2n) is 5.78. The summed E-state index contributed by atoms with van der Waals surface area (Å²) < 4.78 is 0. The van der Waals surface area contributed by atoms with E-state index in [1.807, 2.05) is 51.1 Å². The summed E-state index contributed by atoms with van der Waals surface area (Å²) in [5.41, 5.74) is 1.18. The minimum absolute atomic E-state index is 0.0957. The first kappa shape index (κ1) is 14.9. The van der Waals surface area contributed by atoms with Crippen LogP contribution in [0.2, 0.25) is 0 Å². The van der Waals surface area contributed by atoms with Crippen LogP contribution in [0, 0.1) is 5.41 Å². The molecule has 0 bridgehead atoms. The molecule has 1 aromatic rings. The molecule has 0 saturated carbocycles. The van der Waals surface area contributed by atoms with Crippen LogP contribution in [0.15, 0.2) is 42.5 Å². The van der Waals surface area contributed by atoms with E-state index in [0.29, 0.717) is 6.04 Å². The van der Waals surface area contributed by atoms with Gasteiger partial charge in [0.15, 0.2) is 0 Å². The van der Waals surface area contributed by atoms with E-state index in [1.165, 1.54) is 5.56 Å². The minimum atomic E-state index is -0.397. The van der Waals surface area contributed by atoms with Crippen LogP contribution < -0.4 is 5.32 Å². The van der Waals surface area contributed by atoms with Crippen molar-refractivity contribution in [2.45, 2.75) is 39.8 Å². The average Bonchev–Trinajstić information content (AvgIpc) is 2.34. The largest absolute Gasteiger partial charge is 0.388 e. The summed E-state index contributed by atoms with van der Waals surface area (Å²) >= 11 is 0. The highest BCUT2D eigenvalue weighted by atomic mass is 16.3. The zero-order valence-electron chi connectivity index (χ0n) is 11.9. The zero-order valence-corrected chi connectivity index (χ0v) is 11.9. The topological polar surface area (TPSA) is 32.3 Å². The Morgan fingerprint density at radius 2 is 1.83 bits per heavy atom. The molecular formula is C16H25NO. The van der Waals surface area contributed by atoms with E-state index < -0.39 is 6.10 Å². The first-order valence-corrected chi connectivity index (χ1v) is 6.54. The molecule has 0 unspecified atom stereocenters. The number of hydrogen-bond acceptors (Lipinski definition) is 2. The number of aliphatic hydroxyl groups excluding tert-OH is 1. The Kier molecular flexibility index (Phi) is 5.57. The third-order valence-electron chi connectivity index (χ3n) is 3.05. The first-order chi connectivity index (χ1) is 8.41. The summed E-state index contributed by atoms with van der Waals surface area (Å²) in [7, 11) is 0. The lowest BCUT2D eigenvalue weighted by Gasteiger charge is -2.22. The van der Waals surface area contributed by atoms with Crippen molar-refractivity contribution in [1.29, 1.82) is 0 Å². The van der Waals surface area contributed by atoms with Crippen molar-refractivity contribution in [3.05, 3.63) is 48.0 Å². The van der Waals surface area contributed by atoms with E-state index in [2.05, 4.69) is 24.4 Å². The lowest BCUT2D eigenvalue weighted by molar-refractivity contribution is 0.105. The van der Waals surface area contributed by atoms with Gasteiger partial charge in [-0.25, -0.2) is 0 Å². The third-order valence-corrected chi connectivity index (χ3v) is 3.05. The summed E-state index contributed by atoms with van der Waals surface area (Å²) in [5.74, 6) is 0. The molecule has 0 radical (unpaired) electrons. The van der Waals surface area contributed by atoms with E-state index >= 15 is 0 Å². The Morgan fingerprint density at radius 3 is 2.39 bits per heavy atom. The van der Waals surface area contributed by atoms with Crippen LogP contribution >= 0.6 is 0 Å². The van der Waals surface area contributed by atoms with Gasteiger partial charge in [-0.2, -0.15) is 0 Å². The van der Waals surface area contributed by atoms with Crippen LogP contribution in [0.25, 0.3) is 0 Å². The molecule has 2 atom stereocenters. The van der Waals surface area contributed by atoms with Gasteiger partial charge in [0.05, 0.1) is 6.10 Å². The molecule has 2 nitrogen and oxygen atoms in total. The molecule has 0 saturated heterocycles. The maximum Gasteiger partial charge on any atom is 0.0769 e. The smallest absolute Gasteiger partial charge is 0.0769 e. The van der Waals surface area contributed by atoms with Gasteiger partial charge in [0.1, 0.15) is 0 Å². The summed E-state index contributed by atoms with van der Waals surface area (Å²) in [6.07, 6.45) is 3.46. The van der Waals surface area contributed by atoms with Crippen LogP contribution in [0.5, 0.6) is 0 Å². The summed E-state index contributed by atoms with van der Waals surface area (Å²) in [4.78, 5) is 0. The van der Waals surface area contributed by atoms with Gasteiger partial charge in [-0.15, -0.1) is 0 Å². The molecule has 1 aromatic carbocycles. The molecule has 0 spiro atoms. The average molecular weight is 247 g/mol. The molecule has 0 fully saturated rings. The lowest BCUT2D eigenvalue weighted by Crippen LogP contribution is -2.24. The van der Waals surface area contributed by atoms with E-state index in [9.17, 15) is 5.11 Å². The van der Waals surface area contributed by atoms with E-state index in [1.54, 1.807) is 0 Å². The van der Waals surface area contributed by atoms with Crippen molar-refractivity contribution < 1.29 is 5.11 Å². The fourth-order valence-electron chi connectivity index (χ4n) is 1.59. The van der Waals surface area contributed by atoms with E-state index in [0.717, 1.165) is 6.54 Å². The lowest BCUT2D eigenvalue weighted by atomic mass is 9.89. The Labute approximate surface area is 111 Å². The van der Waals surface area contributed by atoms with Crippen LogP contribution in [0.3, 0.4) is 0 Å². The Balaban J connectivity index is 2.36. The SMILES string of the molecule is C[C@@H](NC/C=C\[C@@H](O)C(C)(C)C)c1ccccc1. The van der Waals surface area contributed by atoms with Crippen LogP contribution in [0.4, 0.5) is 0 Å². The molecule has 0 aliphatic carbocycles. The van der Waals surface area contributed by atoms with Crippen molar-refractivity contribution in [2.24, 2.45) is 5.41 Å². The second kappa shape index (κ2) is 6.72. The van der Waals surface area contributed by atoms with Gasteiger partial charge in [-0.1, -0.05) is 63.3 Å². The van der Waals surface area contributed by atoms with Crippen molar-refractivity contribution in [2.75, 3.05) is 6.54 Å². The predicted molar refractivity (Wildman–Crippen MR) is 77.5 cm³/mol. The monoisotopic (exact) mass is 247 g/mol. The number of benzene rings is 1. The summed E-state index contributed by atoms with van der Waals surface area (Å²) in [6.45, 7) is 9.00. The van der Waals surface area contributed by atoms with Crippen molar-refractivity contribution in [1.82, 2.24) is 5.32 Å². The van der Waals surface area contributed by atoms with Crippen LogP contribution in [-0.2, 0) is 0 Å². The van der Waals surface area contributed by atoms with Crippen molar-refractivity contribution >= 4 is 0 Å². The summed E-state index contributed by atoms with van der Waals surface area (Å²) in [6, 6.07) is 10.7. The van der Waals surface area contributed by atoms with Crippen molar-refractivity contribution in [3.63, 3.8) is 0 Å². The quantitative estimate of drug-likeness (QED) is 0.782. The summed E-state index contributed by atoms with van der Waals surface area (Å²) in [5, 5.41) is 13.3. The van der Waals surface area contributed by atoms with Gasteiger partial charge < -0.3 is 10.4 Å². The van der Waals surface area contributed by atoms with Crippen LogP contribution in [0.1, 0.15) is 39.3 Å². The predicted octanol–water partition coefficient (Wildman–Crippen LogP) is 3.30. The third kappa shape index (κ3) is 5.03. The van der Waals surface area contributed by atoms with Gasteiger partial charge in [0, 0.05) is 12.6 Å². The first-order valence-electron chi connectivity index (χ1n) is 6.54. The molecule has 100 valence electrons. The molecule has 2 N–H and O–H groups in total. The molecule has 0 aromatic heterocycles. The van der Waals surface area contributed by atoms with Crippen molar-refractivity contribution in [3.8, 4) is 0 Å². The molecule has 1 rings (SSSR count). The highest BCUT2D eigenvalue weighted by Crippen LogP contribution is 2.19. The maximum atomic E-state index is 9.85. The normalized spacial score (nSPS) is 15.8. The molecule has 0 aliphatic rings. The molecule has 0 amide bonds. The highest BCUT2D eigenvalue weighted by Gasteiger charge is 2.18. The van der Waals surface area contributed by atoms with Gasteiger partial charge in [-0.05, 0) is 17.9 Å². The van der Waals surface area contributed by atoms with Gasteiger partial charge in [-0.3, -0.25) is 0 Å².